The summed E-state index contributed by atoms with van der Waals surface area (Å²) in [5, 5.41) is 49.4. The van der Waals surface area contributed by atoms with Crippen molar-refractivity contribution in [3.05, 3.63) is 45.3 Å². The number of phenolic OH excluding ortho intramolecular Hbond substituents is 1. The van der Waals surface area contributed by atoms with Crippen molar-refractivity contribution in [3.8, 4) is 11.5 Å². The summed E-state index contributed by atoms with van der Waals surface area (Å²) in [5.41, 5.74) is 1.19. The molecule has 0 aliphatic carbocycles. The van der Waals surface area contributed by atoms with E-state index in [1.54, 1.807) is 6.92 Å². The lowest BCUT2D eigenvalue weighted by atomic mass is 9.99. The maximum atomic E-state index is 12.3. The van der Waals surface area contributed by atoms with Gasteiger partial charge in [0.2, 0.25) is 0 Å². The maximum absolute atomic E-state index is 12.3. The Morgan fingerprint density at radius 1 is 1.16 bits per heavy atom. The first-order chi connectivity index (χ1) is 14.8. The Labute approximate surface area is 176 Å². The Kier molecular flexibility index (Phi) is 6.02. The van der Waals surface area contributed by atoms with E-state index in [4.69, 9.17) is 18.6 Å². The van der Waals surface area contributed by atoms with Gasteiger partial charge in [0.25, 0.3) is 0 Å². The molecule has 1 fully saturated rings. The van der Waals surface area contributed by atoms with Gasteiger partial charge >= 0.3 is 0 Å². The average molecular weight is 436 g/mol. The lowest BCUT2D eigenvalue weighted by Crippen LogP contribution is -2.59. The lowest BCUT2D eigenvalue weighted by Gasteiger charge is -2.39. The van der Waals surface area contributed by atoms with Crippen molar-refractivity contribution in [1.29, 1.82) is 0 Å². The van der Waals surface area contributed by atoms with Gasteiger partial charge in [-0.3, -0.25) is 4.79 Å². The van der Waals surface area contributed by atoms with Gasteiger partial charge in [-0.15, -0.1) is 0 Å². The first kappa shape index (κ1) is 21.8. The number of benzene rings is 1. The summed E-state index contributed by atoms with van der Waals surface area (Å²) in [6, 6.07) is 2.68. The summed E-state index contributed by atoms with van der Waals surface area (Å²) in [7, 11) is 0. The van der Waals surface area contributed by atoms with Gasteiger partial charge in [-0.1, -0.05) is 6.08 Å². The molecule has 10 heteroatoms. The SMILES string of the molecule is Cc1cc(=O)c2c(O)cc3c(c2o1)CC=C(CO[C@@H]1O[C@H](CO)[C@@H](O)[C@H](O)[C@H]1O)CO3. The Hall–Kier alpha value is -2.47. The molecule has 4 rings (SSSR count). The summed E-state index contributed by atoms with van der Waals surface area (Å²) < 4.78 is 22.4. The van der Waals surface area contributed by atoms with Crippen LogP contribution in [-0.2, 0) is 15.9 Å². The molecular weight excluding hydrogens is 412 g/mol. The summed E-state index contributed by atoms with van der Waals surface area (Å²) in [6.45, 7) is 1.17. The molecule has 0 unspecified atom stereocenters. The normalized spacial score (nSPS) is 28.5. The highest BCUT2D eigenvalue weighted by Crippen LogP contribution is 2.36. The number of hydrogen-bond acceptors (Lipinski definition) is 10. The molecule has 1 saturated heterocycles. The van der Waals surface area contributed by atoms with Crippen molar-refractivity contribution in [2.45, 2.75) is 44.1 Å². The highest BCUT2D eigenvalue weighted by Gasteiger charge is 2.44. The van der Waals surface area contributed by atoms with Gasteiger partial charge in [0.15, 0.2) is 11.7 Å². The second kappa shape index (κ2) is 8.58. The van der Waals surface area contributed by atoms with Gasteiger partial charge in [0.1, 0.15) is 59.3 Å². The van der Waals surface area contributed by atoms with Gasteiger partial charge in [0.05, 0.1) is 13.2 Å². The molecule has 2 aliphatic rings. The van der Waals surface area contributed by atoms with Crippen LogP contribution in [0.2, 0.25) is 0 Å². The average Bonchev–Trinajstić information content (AvgIpc) is 2.93. The zero-order chi connectivity index (χ0) is 22.3. The fourth-order valence-electron chi connectivity index (χ4n) is 3.75. The van der Waals surface area contributed by atoms with E-state index in [-0.39, 0.29) is 35.4 Å². The fraction of sp³-hybridized carbons (Fsp3) is 0.476. The zero-order valence-corrected chi connectivity index (χ0v) is 16.7. The minimum absolute atomic E-state index is 0.0242. The number of hydrogen-bond donors (Lipinski definition) is 5. The van der Waals surface area contributed by atoms with Crippen LogP contribution >= 0.6 is 0 Å². The molecule has 1 aromatic heterocycles. The monoisotopic (exact) mass is 436 g/mol. The summed E-state index contributed by atoms with van der Waals surface area (Å²) in [4.78, 5) is 12.3. The third kappa shape index (κ3) is 4.05. The van der Waals surface area contributed by atoms with E-state index >= 15 is 0 Å². The van der Waals surface area contributed by atoms with Crippen molar-refractivity contribution in [2.24, 2.45) is 0 Å². The summed E-state index contributed by atoms with van der Waals surface area (Å²) >= 11 is 0. The number of aryl methyl sites for hydroxylation is 1. The predicted molar refractivity (Wildman–Crippen MR) is 106 cm³/mol. The van der Waals surface area contributed by atoms with Crippen LogP contribution in [0.1, 0.15) is 11.3 Å². The smallest absolute Gasteiger partial charge is 0.196 e. The van der Waals surface area contributed by atoms with Crippen LogP contribution in [0.15, 0.2) is 33.0 Å². The second-order valence-electron chi connectivity index (χ2n) is 7.66. The van der Waals surface area contributed by atoms with Crippen molar-refractivity contribution < 1.29 is 44.2 Å². The molecule has 5 atom stereocenters. The molecule has 1 aromatic carbocycles. The van der Waals surface area contributed by atoms with Gasteiger partial charge < -0.3 is 44.2 Å². The molecule has 0 bridgehead atoms. The van der Waals surface area contributed by atoms with E-state index < -0.39 is 37.3 Å². The predicted octanol–water partition coefficient (Wildman–Crippen LogP) is -0.515. The molecule has 0 saturated carbocycles. The number of aromatic hydroxyl groups is 1. The van der Waals surface area contributed by atoms with Gasteiger partial charge in [0, 0.05) is 17.7 Å². The molecule has 3 heterocycles. The van der Waals surface area contributed by atoms with E-state index in [1.807, 2.05) is 6.08 Å². The molecule has 2 aromatic rings. The Balaban J connectivity index is 1.53. The fourth-order valence-corrected chi connectivity index (χ4v) is 3.75. The molecule has 0 spiro atoms. The van der Waals surface area contributed by atoms with Crippen LogP contribution in [0.25, 0.3) is 11.0 Å². The van der Waals surface area contributed by atoms with Crippen LogP contribution in [-0.4, -0.2) is 76.1 Å². The van der Waals surface area contributed by atoms with Crippen molar-refractivity contribution in [1.82, 2.24) is 0 Å². The Morgan fingerprint density at radius 3 is 2.68 bits per heavy atom. The van der Waals surface area contributed by atoms with Crippen LogP contribution < -0.4 is 10.2 Å². The highest BCUT2D eigenvalue weighted by molar-refractivity contribution is 5.88. The van der Waals surface area contributed by atoms with Crippen LogP contribution in [0.4, 0.5) is 0 Å². The molecule has 0 amide bonds. The number of aliphatic hydroxyl groups is 4. The quantitative estimate of drug-likeness (QED) is 0.395. The van der Waals surface area contributed by atoms with Crippen LogP contribution in [0.5, 0.6) is 11.5 Å². The first-order valence-corrected chi connectivity index (χ1v) is 9.82. The zero-order valence-electron chi connectivity index (χ0n) is 16.7. The number of allylic oxidation sites excluding steroid dienone is 1. The standard InChI is InChI=1S/C21H24O10/c1-9-4-12(23)16-13(24)5-14-11(20(16)30-9)3-2-10(7-28-14)8-29-21-19(27)18(26)17(25)15(6-22)31-21/h2,4-5,15,17-19,21-22,24-27H,3,6-8H2,1H3/t15-,17-,18+,19-,21-/m1/s1. The molecular formula is C21H24O10. The second-order valence-corrected chi connectivity index (χ2v) is 7.66. The summed E-state index contributed by atoms with van der Waals surface area (Å²) in [5.74, 6) is 0.547. The Bertz CT molecular complexity index is 1060. The third-order valence-electron chi connectivity index (χ3n) is 5.46. The number of fused-ring (bicyclic) bond motifs is 3. The van der Waals surface area contributed by atoms with E-state index in [1.165, 1.54) is 12.1 Å². The van der Waals surface area contributed by atoms with Crippen molar-refractivity contribution >= 4 is 11.0 Å². The van der Waals surface area contributed by atoms with E-state index in [9.17, 15) is 30.3 Å². The van der Waals surface area contributed by atoms with Crippen molar-refractivity contribution in [2.75, 3.05) is 19.8 Å². The van der Waals surface area contributed by atoms with Gasteiger partial charge in [-0.05, 0) is 18.9 Å². The van der Waals surface area contributed by atoms with Gasteiger partial charge in [-0.2, -0.15) is 0 Å². The van der Waals surface area contributed by atoms with E-state index in [2.05, 4.69) is 0 Å². The van der Waals surface area contributed by atoms with Gasteiger partial charge in [-0.25, -0.2) is 0 Å². The molecule has 10 nitrogen and oxygen atoms in total. The minimum Gasteiger partial charge on any atom is -0.507 e. The van der Waals surface area contributed by atoms with Crippen LogP contribution in [0.3, 0.4) is 0 Å². The number of ether oxygens (including phenoxy) is 3. The minimum atomic E-state index is -1.53. The van der Waals surface area contributed by atoms with Crippen LogP contribution in [0, 0.1) is 6.92 Å². The topological polar surface area (TPSA) is 159 Å². The summed E-state index contributed by atoms with van der Waals surface area (Å²) in [6.07, 6.45) is -4.66. The molecule has 168 valence electrons. The third-order valence-corrected chi connectivity index (χ3v) is 5.46. The first-order valence-electron chi connectivity index (χ1n) is 9.82. The number of phenols is 1. The largest absolute Gasteiger partial charge is 0.507 e. The molecule has 5 N–H and O–H groups in total. The maximum Gasteiger partial charge on any atom is 0.196 e. The molecule has 0 radical (unpaired) electrons. The van der Waals surface area contributed by atoms with E-state index in [0.29, 0.717) is 29.1 Å². The highest BCUT2D eigenvalue weighted by atomic mass is 16.7. The number of rotatable bonds is 4. The van der Waals surface area contributed by atoms with E-state index in [0.717, 1.165) is 0 Å². The Morgan fingerprint density at radius 2 is 1.94 bits per heavy atom. The number of aliphatic hydroxyl groups excluding tert-OH is 4. The molecule has 31 heavy (non-hydrogen) atoms. The van der Waals surface area contributed by atoms with Crippen molar-refractivity contribution in [3.63, 3.8) is 0 Å². The lowest BCUT2D eigenvalue weighted by molar-refractivity contribution is -0.299. The molecule has 2 aliphatic heterocycles.